The molecule has 1 saturated carbocycles. The van der Waals surface area contributed by atoms with Crippen molar-refractivity contribution in [2.45, 2.75) is 25.7 Å². The quantitative estimate of drug-likeness (QED) is 0.897. The zero-order valence-corrected chi connectivity index (χ0v) is 11.4. The largest absolute Gasteiger partial charge is 0.368 e. The second-order valence-corrected chi connectivity index (χ2v) is 5.92. The van der Waals surface area contributed by atoms with Gasteiger partial charge in [0.25, 0.3) is 0 Å². The maximum atomic E-state index is 5.87. The minimum atomic E-state index is 0.309. The topological polar surface area (TPSA) is 72.9 Å². The van der Waals surface area contributed by atoms with Gasteiger partial charge in [-0.1, -0.05) is 0 Å². The number of nitrogen functional groups attached to an aromatic ring is 1. The van der Waals surface area contributed by atoms with Crippen LogP contribution in [-0.2, 0) is 0 Å². The third-order valence-corrected chi connectivity index (χ3v) is 4.40. The molecule has 3 heterocycles. The summed E-state index contributed by atoms with van der Waals surface area (Å²) in [7, 11) is 0. The SMILES string of the molecule is Nc1nc(N2CCCC3(CC3)C2)cc(-n2cccn2)n1. The normalized spacial score (nSPS) is 20.3. The Morgan fingerprint density at radius 2 is 2.00 bits per heavy atom. The molecule has 2 N–H and O–H groups in total. The van der Waals surface area contributed by atoms with Crippen LogP contribution in [0.3, 0.4) is 0 Å². The molecule has 0 unspecified atom stereocenters. The number of rotatable bonds is 2. The number of hydrogen-bond acceptors (Lipinski definition) is 5. The molecule has 2 aromatic heterocycles. The Morgan fingerprint density at radius 3 is 2.75 bits per heavy atom. The van der Waals surface area contributed by atoms with Crippen LogP contribution in [0.25, 0.3) is 5.82 Å². The van der Waals surface area contributed by atoms with E-state index in [4.69, 9.17) is 5.73 Å². The zero-order valence-electron chi connectivity index (χ0n) is 11.4. The van der Waals surface area contributed by atoms with E-state index in [1.807, 2.05) is 18.3 Å². The fourth-order valence-corrected chi connectivity index (χ4v) is 3.11. The van der Waals surface area contributed by atoms with E-state index in [0.29, 0.717) is 11.4 Å². The molecule has 1 aliphatic heterocycles. The third kappa shape index (κ3) is 2.01. The second kappa shape index (κ2) is 4.19. The lowest BCUT2D eigenvalue weighted by atomic mass is 9.95. The molecule has 1 spiro atoms. The fourth-order valence-electron chi connectivity index (χ4n) is 3.11. The molecule has 2 aromatic rings. The maximum Gasteiger partial charge on any atom is 0.224 e. The summed E-state index contributed by atoms with van der Waals surface area (Å²) in [6, 6.07) is 3.85. The molecule has 1 saturated heterocycles. The van der Waals surface area contributed by atoms with Crippen molar-refractivity contribution in [2.24, 2.45) is 5.41 Å². The van der Waals surface area contributed by atoms with Crippen LogP contribution in [0.15, 0.2) is 24.5 Å². The minimum Gasteiger partial charge on any atom is -0.368 e. The van der Waals surface area contributed by atoms with Crippen molar-refractivity contribution in [3.8, 4) is 5.82 Å². The van der Waals surface area contributed by atoms with E-state index in [9.17, 15) is 0 Å². The summed E-state index contributed by atoms with van der Waals surface area (Å²) < 4.78 is 1.72. The van der Waals surface area contributed by atoms with Crippen LogP contribution in [0.1, 0.15) is 25.7 Å². The molecule has 20 heavy (non-hydrogen) atoms. The number of nitrogens with zero attached hydrogens (tertiary/aromatic N) is 5. The van der Waals surface area contributed by atoms with E-state index in [-0.39, 0.29) is 0 Å². The third-order valence-electron chi connectivity index (χ3n) is 4.40. The molecule has 2 fully saturated rings. The summed E-state index contributed by atoms with van der Waals surface area (Å²) in [4.78, 5) is 11.0. The average molecular weight is 270 g/mol. The molecule has 2 aliphatic rings. The lowest BCUT2D eigenvalue weighted by molar-refractivity contribution is 0.393. The van der Waals surface area contributed by atoms with Gasteiger partial charge in [0.05, 0.1) is 0 Å². The van der Waals surface area contributed by atoms with Crippen LogP contribution >= 0.6 is 0 Å². The van der Waals surface area contributed by atoms with Gasteiger partial charge in [-0.25, -0.2) is 4.68 Å². The predicted molar refractivity (Wildman–Crippen MR) is 76.7 cm³/mol. The first-order valence-electron chi connectivity index (χ1n) is 7.14. The van der Waals surface area contributed by atoms with Gasteiger partial charge in [-0.15, -0.1) is 0 Å². The predicted octanol–water partition coefficient (Wildman–Crippen LogP) is 1.62. The Balaban J connectivity index is 1.67. The number of hydrogen-bond donors (Lipinski definition) is 1. The van der Waals surface area contributed by atoms with Crippen LogP contribution in [-0.4, -0.2) is 32.8 Å². The molecule has 0 bridgehead atoms. The van der Waals surface area contributed by atoms with Gasteiger partial charge in [0, 0.05) is 31.5 Å². The van der Waals surface area contributed by atoms with Crippen molar-refractivity contribution in [3.05, 3.63) is 24.5 Å². The highest BCUT2D eigenvalue weighted by Gasteiger charge is 2.45. The molecule has 0 aromatic carbocycles. The van der Waals surface area contributed by atoms with E-state index in [1.54, 1.807) is 10.9 Å². The Morgan fingerprint density at radius 1 is 1.15 bits per heavy atom. The van der Waals surface area contributed by atoms with Crippen LogP contribution in [0, 0.1) is 5.41 Å². The summed E-state index contributed by atoms with van der Waals surface area (Å²) in [6.45, 7) is 2.15. The average Bonchev–Trinajstić information content (AvgIpc) is 2.99. The van der Waals surface area contributed by atoms with Crippen molar-refractivity contribution in [1.29, 1.82) is 0 Å². The lowest BCUT2D eigenvalue weighted by Crippen LogP contribution is -2.37. The number of aromatic nitrogens is 4. The molecule has 6 nitrogen and oxygen atoms in total. The number of anilines is 2. The first-order chi connectivity index (χ1) is 9.74. The second-order valence-electron chi connectivity index (χ2n) is 5.92. The van der Waals surface area contributed by atoms with Gasteiger partial charge in [-0.3, -0.25) is 0 Å². The Hall–Kier alpha value is -2.11. The zero-order chi connectivity index (χ0) is 13.6. The van der Waals surface area contributed by atoms with Crippen LogP contribution in [0.5, 0.6) is 0 Å². The van der Waals surface area contributed by atoms with Crippen molar-refractivity contribution in [3.63, 3.8) is 0 Å². The highest BCUT2D eigenvalue weighted by Crippen LogP contribution is 2.52. The molecular formula is C14H18N6. The highest BCUT2D eigenvalue weighted by molar-refractivity contribution is 5.48. The van der Waals surface area contributed by atoms with Gasteiger partial charge in [0.15, 0.2) is 5.82 Å². The monoisotopic (exact) mass is 270 g/mol. The summed E-state index contributed by atoms with van der Waals surface area (Å²) in [5.41, 5.74) is 6.42. The molecule has 104 valence electrons. The van der Waals surface area contributed by atoms with Crippen molar-refractivity contribution in [2.75, 3.05) is 23.7 Å². The van der Waals surface area contributed by atoms with Crippen molar-refractivity contribution in [1.82, 2.24) is 19.7 Å². The maximum absolute atomic E-state index is 5.87. The van der Waals surface area contributed by atoms with Crippen LogP contribution < -0.4 is 10.6 Å². The van der Waals surface area contributed by atoms with Gasteiger partial charge >= 0.3 is 0 Å². The molecule has 0 atom stereocenters. The number of piperidine rings is 1. The van der Waals surface area contributed by atoms with Crippen molar-refractivity contribution >= 4 is 11.8 Å². The van der Waals surface area contributed by atoms with Crippen LogP contribution in [0.4, 0.5) is 11.8 Å². The summed E-state index contributed by atoms with van der Waals surface area (Å²) in [5, 5.41) is 4.21. The summed E-state index contributed by atoms with van der Waals surface area (Å²) >= 11 is 0. The summed E-state index contributed by atoms with van der Waals surface area (Å²) in [6.07, 6.45) is 8.91. The molecule has 0 radical (unpaired) electrons. The van der Waals surface area contributed by atoms with Gasteiger partial charge < -0.3 is 10.6 Å². The van der Waals surface area contributed by atoms with Crippen LogP contribution in [0.2, 0.25) is 0 Å². The van der Waals surface area contributed by atoms with E-state index < -0.39 is 0 Å². The van der Waals surface area contributed by atoms with E-state index in [0.717, 1.165) is 24.7 Å². The number of nitrogens with two attached hydrogens (primary N) is 1. The molecular weight excluding hydrogens is 252 g/mol. The first kappa shape index (κ1) is 11.7. The summed E-state index contributed by atoms with van der Waals surface area (Å²) in [5.74, 6) is 1.96. The Kier molecular flexibility index (Phi) is 2.45. The highest BCUT2D eigenvalue weighted by atomic mass is 15.3. The van der Waals surface area contributed by atoms with Gasteiger partial charge in [-0.05, 0) is 37.2 Å². The van der Waals surface area contributed by atoms with Gasteiger partial charge in [-0.2, -0.15) is 15.1 Å². The van der Waals surface area contributed by atoms with E-state index in [2.05, 4.69) is 20.0 Å². The lowest BCUT2D eigenvalue weighted by Gasteiger charge is -2.34. The molecule has 0 amide bonds. The Labute approximate surface area is 117 Å². The molecule has 6 heteroatoms. The molecule has 1 aliphatic carbocycles. The minimum absolute atomic E-state index is 0.309. The van der Waals surface area contributed by atoms with Gasteiger partial charge in [0.2, 0.25) is 5.95 Å². The van der Waals surface area contributed by atoms with E-state index >= 15 is 0 Å². The standard InChI is InChI=1S/C14H18N6/c15-13-17-11(9-12(18-13)20-8-2-6-16-20)19-7-1-3-14(10-19)4-5-14/h2,6,8-9H,1,3-5,7,10H2,(H2,15,17,18). The van der Waals surface area contributed by atoms with E-state index in [1.165, 1.54) is 25.7 Å². The van der Waals surface area contributed by atoms with Crippen molar-refractivity contribution < 1.29 is 0 Å². The van der Waals surface area contributed by atoms with Gasteiger partial charge in [0.1, 0.15) is 5.82 Å². The fraction of sp³-hybridized carbons (Fsp3) is 0.500. The first-order valence-corrected chi connectivity index (χ1v) is 7.14. The smallest absolute Gasteiger partial charge is 0.224 e. The Bertz CT molecular complexity index is 617. The molecule has 4 rings (SSSR count).